The standard InChI is InChI=1S/C27H32N2O3/c1-19(2)17-20-9-11-21(12-10-20)25(30)28-24-8-6-7-23-22(24)13-16-29(26(23)31)18-27(32)14-4-3-5-15-27/h6-13,16,19,32H,3-5,14-15,17-18H2,1-2H3,(H,28,30). The highest BCUT2D eigenvalue weighted by Crippen LogP contribution is 2.29. The average molecular weight is 433 g/mol. The summed E-state index contributed by atoms with van der Waals surface area (Å²) in [5, 5.41) is 15.1. The van der Waals surface area contributed by atoms with Crippen molar-refractivity contribution in [2.45, 2.75) is 64.5 Å². The number of fused-ring (bicyclic) bond motifs is 1. The van der Waals surface area contributed by atoms with Crippen molar-refractivity contribution in [2.75, 3.05) is 5.32 Å². The van der Waals surface area contributed by atoms with Gasteiger partial charge in [0.1, 0.15) is 0 Å². The molecule has 1 fully saturated rings. The summed E-state index contributed by atoms with van der Waals surface area (Å²) in [6.07, 6.45) is 7.28. The summed E-state index contributed by atoms with van der Waals surface area (Å²) in [6.45, 7) is 4.65. The Morgan fingerprint density at radius 2 is 1.75 bits per heavy atom. The highest BCUT2D eigenvalue weighted by atomic mass is 16.3. The van der Waals surface area contributed by atoms with Crippen molar-refractivity contribution in [2.24, 2.45) is 5.92 Å². The van der Waals surface area contributed by atoms with Crippen molar-refractivity contribution in [3.63, 3.8) is 0 Å². The molecule has 0 bridgehead atoms. The van der Waals surface area contributed by atoms with E-state index in [1.54, 1.807) is 22.9 Å². The molecule has 1 aliphatic rings. The molecule has 0 radical (unpaired) electrons. The minimum absolute atomic E-state index is 0.143. The molecule has 1 amide bonds. The number of hydrogen-bond acceptors (Lipinski definition) is 3. The summed E-state index contributed by atoms with van der Waals surface area (Å²) < 4.78 is 1.60. The molecule has 0 atom stereocenters. The first-order chi connectivity index (χ1) is 15.3. The summed E-state index contributed by atoms with van der Waals surface area (Å²) >= 11 is 0. The van der Waals surface area contributed by atoms with E-state index in [0.717, 1.165) is 38.5 Å². The predicted molar refractivity (Wildman–Crippen MR) is 129 cm³/mol. The van der Waals surface area contributed by atoms with Crippen molar-refractivity contribution in [3.05, 3.63) is 76.2 Å². The van der Waals surface area contributed by atoms with Gasteiger partial charge in [-0.05, 0) is 61.1 Å². The molecule has 1 saturated carbocycles. The van der Waals surface area contributed by atoms with Crippen molar-refractivity contribution in [1.29, 1.82) is 0 Å². The molecule has 2 aromatic carbocycles. The smallest absolute Gasteiger partial charge is 0.258 e. The van der Waals surface area contributed by atoms with Crippen molar-refractivity contribution in [1.82, 2.24) is 4.57 Å². The zero-order valence-electron chi connectivity index (χ0n) is 18.9. The van der Waals surface area contributed by atoms with Gasteiger partial charge in [-0.1, -0.05) is 51.3 Å². The van der Waals surface area contributed by atoms with Gasteiger partial charge >= 0.3 is 0 Å². The second-order valence-electron chi connectivity index (χ2n) is 9.55. The van der Waals surface area contributed by atoms with Gasteiger partial charge in [0.25, 0.3) is 11.5 Å². The highest BCUT2D eigenvalue weighted by Gasteiger charge is 2.30. The first-order valence-corrected chi connectivity index (χ1v) is 11.6. The Kier molecular flexibility index (Phi) is 6.47. The van der Waals surface area contributed by atoms with Gasteiger partial charge in [0, 0.05) is 28.2 Å². The largest absolute Gasteiger partial charge is 0.388 e. The predicted octanol–water partition coefficient (Wildman–Crippen LogP) is 5.15. The van der Waals surface area contributed by atoms with Crippen molar-refractivity contribution in [3.8, 4) is 0 Å². The summed E-state index contributed by atoms with van der Waals surface area (Å²) in [7, 11) is 0. The fraction of sp³-hybridized carbons (Fsp3) is 0.407. The lowest BCUT2D eigenvalue weighted by Crippen LogP contribution is -2.39. The molecule has 1 aliphatic carbocycles. The number of pyridine rings is 1. The van der Waals surface area contributed by atoms with E-state index in [4.69, 9.17) is 0 Å². The van der Waals surface area contributed by atoms with Gasteiger partial charge in [-0.2, -0.15) is 0 Å². The van der Waals surface area contributed by atoms with Crippen molar-refractivity contribution < 1.29 is 9.90 Å². The quantitative estimate of drug-likeness (QED) is 0.566. The lowest BCUT2D eigenvalue weighted by atomic mass is 9.85. The van der Waals surface area contributed by atoms with Crippen LogP contribution in [0.4, 0.5) is 5.69 Å². The first-order valence-electron chi connectivity index (χ1n) is 11.6. The molecular weight excluding hydrogens is 400 g/mol. The van der Waals surface area contributed by atoms with E-state index in [0.29, 0.717) is 34.5 Å². The number of carbonyl (C=O) groups is 1. The number of anilines is 1. The van der Waals surface area contributed by atoms with Crippen LogP contribution >= 0.6 is 0 Å². The number of rotatable bonds is 6. The van der Waals surface area contributed by atoms with Crippen LogP contribution in [0.2, 0.25) is 0 Å². The molecule has 0 spiro atoms. The van der Waals surface area contributed by atoms with E-state index in [2.05, 4.69) is 19.2 Å². The first kappa shape index (κ1) is 22.3. The van der Waals surface area contributed by atoms with Crippen LogP contribution in [0.3, 0.4) is 0 Å². The monoisotopic (exact) mass is 432 g/mol. The Hall–Kier alpha value is -2.92. The topological polar surface area (TPSA) is 71.3 Å². The van der Waals surface area contributed by atoms with Crippen LogP contribution in [0.1, 0.15) is 61.9 Å². The van der Waals surface area contributed by atoms with Crippen LogP contribution < -0.4 is 10.9 Å². The Balaban J connectivity index is 1.56. The van der Waals surface area contributed by atoms with Gasteiger partial charge in [-0.25, -0.2) is 0 Å². The van der Waals surface area contributed by atoms with Crippen LogP contribution in [-0.4, -0.2) is 21.2 Å². The molecule has 2 N–H and O–H groups in total. The van der Waals surface area contributed by atoms with Crippen LogP contribution in [0.15, 0.2) is 59.5 Å². The number of aromatic nitrogens is 1. The Morgan fingerprint density at radius 3 is 2.44 bits per heavy atom. The lowest BCUT2D eigenvalue weighted by Gasteiger charge is -2.32. The number of hydrogen-bond donors (Lipinski definition) is 2. The lowest BCUT2D eigenvalue weighted by molar-refractivity contribution is -0.0121. The molecule has 3 aromatic rings. The van der Waals surface area contributed by atoms with Gasteiger partial charge in [-0.15, -0.1) is 0 Å². The van der Waals surface area contributed by atoms with E-state index in [1.807, 2.05) is 36.4 Å². The molecule has 5 heteroatoms. The van der Waals surface area contributed by atoms with Crippen molar-refractivity contribution >= 4 is 22.4 Å². The van der Waals surface area contributed by atoms with Crippen LogP contribution in [0.25, 0.3) is 10.8 Å². The number of benzene rings is 2. The highest BCUT2D eigenvalue weighted by molar-refractivity contribution is 6.09. The van der Waals surface area contributed by atoms with Crippen LogP contribution in [-0.2, 0) is 13.0 Å². The number of aliphatic hydroxyl groups is 1. The number of nitrogens with one attached hydrogen (secondary N) is 1. The molecule has 0 aliphatic heterocycles. The molecule has 1 aromatic heterocycles. The SMILES string of the molecule is CC(C)Cc1ccc(C(=O)Nc2cccc3c(=O)n(CC4(O)CCCCC4)ccc23)cc1. The third kappa shape index (κ3) is 4.94. The summed E-state index contributed by atoms with van der Waals surface area (Å²) in [5.74, 6) is 0.363. The van der Waals surface area contributed by atoms with E-state index in [1.165, 1.54) is 5.56 Å². The molecular formula is C27H32N2O3. The van der Waals surface area contributed by atoms with Gasteiger partial charge in [0.15, 0.2) is 0 Å². The Bertz CT molecular complexity index is 1160. The second-order valence-corrected chi connectivity index (χ2v) is 9.55. The minimum atomic E-state index is -0.816. The zero-order chi connectivity index (χ0) is 22.7. The Labute approximate surface area is 189 Å². The van der Waals surface area contributed by atoms with E-state index in [9.17, 15) is 14.7 Å². The van der Waals surface area contributed by atoms with Gasteiger partial charge in [0.05, 0.1) is 12.1 Å². The summed E-state index contributed by atoms with van der Waals surface area (Å²) in [4.78, 5) is 25.9. The second kappa shape index (κ2) is 9.29. The molecule has 32 heavy (non-hydrogen) atoms. The fourth-order valence-electron chi connectivity index (χ4n) is 4.69. The van der Waals surface area contributed by atoms with E-state index in [-0.39, 0.29) is 11.5 Å². The van der Waals surface area contributed by atoms with E-state index < -0.39 is 5.60 Å². The average Bonchev–Trinajstić information content (AvgIpc) is 2.76. The van der Waals surface area contributed by atoms with Crippen LogP contribution in [0.5, 0.6) is 0 Å². The maximum atomic E-state index is 13.1. The molecule has 1 heterocycles. The zero-order valence-corrected chi connectivity index (χ0v) is 18.9. The third-order valence-electron chi connectivity index (χ3n) is 6.38. The van der Waals surface area contributed by atoms with E-state index >= 15 is 0 Å². The fourth-order valence-corrected chi connectivity index (χ4v) is 4.69. The van der Waals surface area contributed by atoms with Crippen LogP contribution in [0, 0.1) is 5.92 Å². The number of amides is 1. The summed E-state index contributed by atoms with van der Waals surface area (Å²) in [6, 6.07) is 14.9. The molecule has 0 saturated heterocycles. The normalized spacial score (nSPS) is 15.8. The Morgan fingerprint density at radius 1 is 1.03 bits per heavy atom. The maximum absolute atomic E-state index is 13.1. The van der Waals surface area contributed by atoms with Gasteiger partial charge in [-0.3, -0.25) is 9.59 Å². The molecule has 5 nitrogen and oxygen atoms in total. The maximum Gasteiger partial charge on any atom is 0.258 e. The van der Waals surface area contributed by atoms with Gasteiger partial charge < -0.3 is 15.0 Å². The minimum Gasteiger partial charge on any atom is -0.388 e. The molecule has 4 rings (SSSR count). The number of nitrogens with zero attached hydrogens (tertiary/aromatic N) is 1. The molecule has 168 valence electrons. The molecule has 0 unspecified atom stereocenters. The number of carbonyl (C=O) groups excluding carboxylic acids is 1. The third-order valence-corrected chi connectivity index (χ3v) is 6.38. The summed E-state index contributed by atoms with van der Waals surface area (Å²) in [5.41, 5.74) is 1.45. The van der Waals surface area contributed by atoms with Gasteiger partial charge in [0.2, 0.25) is 0 Å².